The van der Waals surface area contributed by atoms with Crippen LogP contribution in [-0.2, 0) is 14.4 Å². The summed E-state index contributed by atoms with van der Waals surface area (Å²) in [5.41, 5.74) is 0.550. The van der Waals surface area contributed by atoms with Gasteiger partial charge in [0.15, 0.2) is 0 Å². The Morgan fingerprint density at radius 3 is 2.90 bits per heavy atom. The first-order chi connectivity index (χ1) is 10.1. The first-order valence-electron chi connectivity index (χ1n) is 6.76. The van der Waals surface area contributed by atoms with Crippen LogP contribution in [0, 0.1) is 0 Å². The van der Waals surface area contributed by atoms with Crippen LogP contribution >= 0.6 is 0 Å². The Labute approximate surface area is 124 Å². The van der Waals surface area contributed by atoms with E-state index in [1.807, 2.05) is 24.3 Å². The number of hydrogen-bond acceptors (Lipinski definition) is 5. The second-order valence-corrected chi connectivity index (χ2v) is 4.99. The van der Waals surface area contributed by atoms with E-state index in [1.54, 1.807) is 21.1 Å². The van der Waals surface area contributed by atoms with Crippen molar-refractivity contribution in [3.8, 4) is 5.75 Å². The lowest BCUT2D eigenvalue weighted by Crippen LogP contribution is -2.45. The quantitative estimate of drug-likeness (QED) is 0.803. The number of amides is 1. The first-order valence-corrected chi connectivity index (χ1v) is 6.76. The average molecular weight is 292 g/mol. The standard InChI is InChI=1S/C15H20N2O4/c1-15(14(18)16-8-9-19-2)10-12(17-21-15)11-6-4-5-7-13(11)20-3/h4-7H,8-10H2,1-3H3,(H,16,18)/t15-/m1/s1. The van der Waals surface area contributed by atoms with Crippen LogP contribution in [0.1, 0.15) is 18.9 Å². The van der Waals surface area contributed by atoms with Gasteiger partial charge in [0.25, 0.3) is 5.91 Å². The van der Waals surface area contributed by atoms with Crippen LogP contribution in [0.3, 0.4) is 0 Å². The molecule has 0 bridgehead atoms. The van der Waals surface area contributed by atoms with E-state index in [0.717, 1.165) is 5.56 Å². The highest BCUT2D eigenvalue weighted by molar-refractivity contribution is 6.07. The van der Waals surface area contributed by atoms with E-state index < -0.39 is 5.60 Å². The lowest BCUT2D eigenvalue weighted by atomic mass is 9.94. The smallest absolute Gasteiger partial charge is 0.267 e. The van der Waals surface area contributed by atoms with Crippen LogP contribution in [0.2, 0.25) is 0 Å². The fourth-order valence-corrected chi connectivity index (χ4v) is 2.14. The monoisotopic (exact) mass is 292 g/mol. The highest BCUT2D eigenvalue weighted by Crippen LogP contribution is 2.30. The Kier molecular flexibility index (Phi) is 4.80. The molecule has 0 radical (unpaired) electrons. The summed E-state index contributed by atoms with van der Waals surface area (Å²) in [4.78, 5) is 17.6. The third kappa shape index (κ3) is 3.33. The first kappa shape index (κ1) is 15.3. The summed E-state index contributed by atoms with van der Waals surface area (Å²) in [7, 11) is 3.19. The van der Waals surface area contributed by atoms with Crippen molar-refractivity contribution in [2.75, 3.05) is 27.4 Å². The van der Waals surface area contributed by atoms with Crippen molar-refractivity contribution in [2.24, 2.45) is 5.16 Å². The molecule has 21 heavy (non-hydrogen) atoms. The molecule has 0 saturated carbocycles. The van der Waals surface area contributed by atoms with Gasteiger partial charge in [-0.25, -0.2) is 0 Å². The fourth-order valence-electron chi connectivity index (χ4n) is 2.14. The van der Waals surface area contributed by atoms with Gasteiger partial charge in [-0.15, -0.1) is 0 Å². The highest BCUT2D eigenvalue weighted by Gasteiger charge is 2.42. The van der Waals surface area contributed by atoms with Crippen LogP contribution in [-0.4, -0.2) is 44.6 Å². The summed E-state index contributed by atoms with van der Waals surface area (Å²) in [6.45, 7) is 2.63. The topological polar surface area (TPSA) is 69.2 Å². The molecule has 2 rings (SSSR count). The van der Waals surface area contributed by atoms with Crippen molar-refractivity contribution in [2.45, 2.75) is 18.9 Å². The minimum absolute atomic E-state index is 0.201. The Bertz CT molecular complexity index is 544. The molecule has 6 nitrogen and oxygen atoms in total. The largest absolute Gasteiger partial charge is 0.496 e. The van der Waals surface area contributed by atoms with E-state index in [4.69, 9.17) is 14.3 Å². The number of nitrogens with zero attached hydrogens (tertiary/aromatic N) is 1. The van der Waals surface area contributed by atoms with Gasteiger partial charge in [0, 0.05) is 25.6 Å². The van der Waals surface area contributed by atoms with Gasteiger partial charge in [0.05, 0.1) is 19.4 Å². The van der Waals surface area contributed by atoms with Gasteiger partial charge < -0.3 is 19.6 Å². The Morgan fingerprint density at radius 2 is 2.19 bits per heavy atom. The molecule has 114 valence electrons. The van der Waals surface area contributed by atoms with Crippen molar-refractivity contribution in [3.63, 3.8) is 0 Å². The zero-order chi connectivity index (χ0) is 15.3. The van der Waals surface area contributed by atoms with Crippen molar-refractivity contribution in [1.82, 2.24) is 5.32 Å². The predicted molar refractivity (Wildman–Crippen MR) is 78.5 cm³/mol. The number of oxime groups is 1. The lowest BCUT2D eigenvalue weighted by Gasteiger charge is -2.20. The van der Waals surface area contributed by atoms with Gasteiger partial charge in [-0.3, -0.25) is 4.79 Å². The Morgan fingerprint density at radius 1 is 1.43 bits per heavy atom. The van der Waals surface area contributed by atoms with Gasteiger partial charge in [0.2, 0.25) is 5.60 Å². The molecule has 0 aromatic heterocycles. The van der Waals surface area contributed by atoms with Gasteiger partial charge in [-0.2, -0.15) is 0 Å². The molecule has 0 aliphatic carbocycles. The highest BCUT2D eigenvalue weighted by atomic mass is 16.7. The fraction of sp³-hybridized carbons (Fsp3) is 0.467. The second kappa shape index (κ2) is 6.58. The molecule has 1 amide bonds. The molecule has 6 heteroatoms. The molecule has 1 aromatic rings. The maximum atomic E-state index is 12.2. The van der Waals surface area contributed by atoms with Gasteiger partial charge in [-0.05, 0) is 19.1 Å². The van der Waals surface area contributed by atoms with Crippen LogP contribution in [0.4, 0.5) is 0 Å². The van der Waals surface area contributed by atoms with E-state index in [2.05, 4.69) is 10.5 Å². The minimum Gasteiger partial charge on any atom is -0.496 e. The second-order valence-electron chi connectivity index (χ2n) is 4.99. The molecule has 1 aliphatic rings. The molecule has 0 saturated heterocycles. The zero-order valence-corrected chi connectivity index (χ0v) is 12.5. The van der Waals surface area contributed by atoms with E-state index in [-0.39, 0.29) is 5.91 Å². The van der Waals surface area contributed by atoms with E-state index in [1.165, 1.54) is 0 Å². The molecule has 1 aliphatic heterocycles. The summed E-state index contributed by atoms with van der Waals surface area (Å²) < 4.78 is 10.2. The molecular weight excluding hydrogens is 272 g/mol. The summed E-state index contributed by atoms with van der Waals surface area (Å²) in [5, 5.41) is 6.83. The maximum Gasteiger partial charge on any atom is 0.267 e. The number of nitrogens with one attached hydrogen (secondary N) is 1. The molecule has 1 heterocycles. The third-order valence-corrected chi connectivity index (χ3v) is 3.35. The normalized spacial score (nSPS) is 20.6. The number of benzene rings is 1. The van der Waals surface area contributed by atoms with Crippen LogP contribution in [0.15, 0.2) is 29.4 Å². The van der Waals surface area contributed by atoms with Crippen molar-refractivity contribution in [1.29, 1.82) is 0 Å². The predicted octanol–water partition coefficient (Wildman–Crippen LogP) is 1.34. The Hall–Kier alpha value is -2.08. The molecule has 1 N–H and O–H groups in total. The molecule has 1 aromatic carbocycles. The van der Waals surface area contributed by atoms with Crippen molar-refractivity contribution < 1.29 is 19.1 Å². The van der Waals surface area contributed by atoms with Crippen molar-refractivity contribution >= 4 is 11.6 Å². The summed E-state index contributed by atoms with van der Waals surface area (Å²) >= 11 is 0. The summed E-state index contributed by atoms with van der Waals surface area (Å²) in [5.74, 6) is 0.511. The number of methoxy groups -OCH3 is 2. The van der Waals surface area contributed by atoms with Gasteiger partial charge >= 0.3 is 0 Å². The number of carbonyl (C=O) groups excluding carboxylic acids is 1. The van der Waals surface area contributed by atoms with E-state index in [0.29, 0.717) is 31.0 Å². The number of carbonyl (C=O) groups is 1. The number of para-hydroxylation sites is 1. The molecule has 0 fully saturated rings. The summed E-state index contributed by atoms with van der Waals surface area (Å²) in [6, 6.07) is 7.53. The van der Waals surface area contributed by atoms with Crippen LogP contribution in [0.5, 0.6) is 5.75 Å². The number of hydrogen-bond donors (Lipinski definition) is 1. The Balaban J connectivity index is 2.06. The van der Waals surface area contributed by atoms with Crippen LogP contribution < -0.4 is 10.1 Å². The molecule has 1 atom stereocenters. The third-order valence-electron chi connectivity index (χ3n) is 3.35. The van der Waals surface area contributed by atoms with Gasteiger partial charge in [-0.1, -0.05) is 17.3 Å². The zero-order valence-electron chi connectivity index (χ0n) is 12.5. The minimum atomic E-state index is -0.996. The molecule has 0 spiro atoms. The number of rotatable bonds is 6. The number of ether oxygens (including phenoxy) is 2. The van der Waals surface area contributed by atoms with Crippen molar-refractivity contribution in [3.05, 3.63) is 29.8 Å². The lowest BCUT2D eigenvalue weighted by molar-refractivity contribution is -0.141. The maximum absolute atomic E-state index is 12.2. The van der Waals surface area contributed by atoms with E-state index >= 15 is 0 Å². The molecule has 0 unspecified atom stereocenters. The summed E-state index contributed by atoms with van der Waals surface area (Å²) in [6.07, 6.45) is 0.395. The van der Waals surface area contributed by atoms with Gasteiger partial charge in [0.1, 0.15) is 5.75 Å². The SMILES string of the molecule is COCCNC(=O)[C@@]1(C)CC(c2ccccc2OC)=NO1. The molecular formula is C15H20N2O4. The van der Waals surface area contributed by atoms with Crippen LogP contribution in [0.25, 0.3) is 0 Å². The average Bonchev–Trinajstić information content (AvgIpc) is 2.91. The van der Waals surface area contributed by atoms with E-state index in [9.17, 15) is 4.79 Å².